The maximum absolute atomic E-state index is 12.8. The largest absolute Gasteiger partial charge is 0.472 e. The van der Waals surface area contributed by atoms with Crippen molar-refractivity contribution >= 4 is 30.0 Å². The summed E-state index contributed by atoms with van der Waals surface area (Å²) in [5, 5.41) is 0. The van der Waals surface area contributed by atoms with Crippen molar-refractivity contribution in [2.24, 2.45) is 4.99 Å². The number of carbonyl (C=O) groups is 3. The Bertz CT molecular complexity index is 944. The first-order valence-electron chi connectivity index (χ1n) is 9.31. The van der Waals surface area contributed by atoms with Crippen molar-refractivity contribution < 1.29 is 23.7 Å². The van der Waals surface area contributed by atoms with Crippen LogP contribution < -0.4 is 4.74 Å². The number of carbonyl (C=O) groups excluding carboxylic acids is 3. The van der Waals surface area contributed by atoms with Gasteiger partial charge in [0.2, 0.25) is 5.88 Å². The van der Waals surface area contributed by atoms with E-state index >= 15 is 0 Å². The summed E-state index contributed by atoms with van der Waals surface area (Å²) in [7, 11) is 2.99. The number of amides is 4. The molecule has 29 heavy (non-hydrogen) atoms. The standard InChI is InChI=1S/C18H22N7O4/c1-11-19-6-4-13(21-11)29-12-5-7-24(8-12)14(26)9-25-10-20-16-15(25)17(27)23(3)18(28)22(16)2/h4,6,10,12,15H,5,7-9H2,1-3H3/q+1. The number of likely N-dealkylation sites (N-methyl/N-ethyl adjacent to an activating group) is 2. The molecule has 1 aromatic heterocycles. The van der Waals surface area contributed by atoms with Crippen LogP contribution in [0.15, 0.2) is 17.3 Å². The fraction of sp³-hybridized carbons (Fsp3) is 0.500. The number of nitrogens with zero attached hydrogens (tertiary/aromatic N) is 7. The molecule has 2 unspecified atom stereocenters. The summed E-state index contributed by atoms with van der Waals surface area (Å²) in [4.78, 5) is 53.9. The second-order valence-electron chi connectivity index (χ2n) is 7.23. The van der Waals surface area contributed by atoms with Crippen molar-refractivity contribution in [1.29, 1.82) is 0 Å². The van der Waals surface area contributed by atoms with Crippen LogP contribution in [0.5, 0.6) is 5.88 Å². The van der Waals surface area contributed by atoms with Gasteiger partial charge in [0.15, 0.2) is 6.54 Å². The summed E-state index contributed by atoms with van der Waals surface area (Å²) >= 11 is 0. The molecule has 152 valence electrons. The van der Waals surface area contributed by atoms with E-state index in [2.05, 4.69) is 15.0 Å². The Morgan fingerprint density at radius 3 is 2.86 bits per heavy atom. The molecule has 3 aliphatic rings. The van der Waals surface area contributed by atoms with E-state index in [1.165, 1.54) is 18.3 Å². The van der Waals surface area contributed by atoms with Gasteiger partial charge in [0.05, 0.1) is 6.54 Å². The van der Waals surface area contributed by atoms with Crippen molar-refractivity contribution in [3.63, 3.8) is 0 Å². The second-order valence-corrected chi connectivity index (χ2v) is 7.23. The molecule has 0 bridgehead atoms. The third-order valence-electron chi connectivity index (χ3n) is 5.25. The van der Waals surface area contributed by atoms with Crippen LogP contribution in [0.25, 0.3) is 0 Å². The minimum absolute atomic E-state index is 0.00138. The van der Waals surface area contributed by atoms with E-state index in [1.807, 2.05) is 0 Å². The lowest BCUT2D eigenvalue weighted by atomic mass is 10.1. The Hall–Kier alpha value is -3.37. The number of aromatic nitrogens is 2. The van der Waals surface area contributed by atoms with E-state index in [0.717, 1.165) is 4.90 Å². The van der Waals surface area contributed by atoms with Crippen molar-refractivity contribution in [2.45, 2.75) is 25.5 Å². The van der Waals surface area contributed by atoms with Crippen LogP contribution in [-0.2, 0) is 9.59 Å². The molecule has 4 rings (SSSR count). The molecule has 0 saturated carbocycles. The molecule has 0 aromatic carbocycles. The van der Waals surface area contributed by atoms with Crippen LogP contribution in [0.2, 0.25) is 0 Å². The summed E-state index contributed by atoms with van der Waals surface area (Å²) in [5.74, 6) is 0.936. The lowest BCUT2D eigenvalue weighted by Crippen LogP contribution is -2.62. The monoisotopic (exact) mass is 400 g/mol. The molecule has 4 amide bonds. The molecule has 1 aromatic rings. The summed E-state index contributed by atoms with van der Waals surface area (Å²) < 4.78 is 7.43. The quantitative estimate of drug-likeness (QED) is 0.606. The van der Waals surface area contributed by atoms with E-state index in [0.29, 0.717) is 37.1 Å². The number of rotatable bonds is 4. The van der Waals surface area contributed by atoms with Crippen LogP contribution in [0.1, 0.15) is 12.2 Å². The van der Waals surface area contributed by atoms with Gasteiger partial charge in [-0.15, -0.1) is 0 Å². The van der Waals surface area contributed by atoms with E-state index < -0.39 is 18.0 Å². The molecule has 2 saturated heterocycles. The minimum Gasteiger partial charge on any atom is -0.472 e. The Balaban J connectivity index is 1.37. The van der Waals surface area contributed by atoms with E-state index in [-0.39, 0.29) is 18.6 Å². The van der Waals surface area contributed by atoms with Gasteiger partial charge in [-0.1, -0.05) is 0 Å². The SMILES string of the molecule is Cc1nccc(OC2CCN(C(=O)C[N+]3=CN=C4C3C(=O)N(C)C(=O)N4C)C2)n1. The van der Waals surface area contributed by atoms with E-state index in [9.17, 15) is 14.4 Å². The highest BCUT2D eigenvalue weighted by Gasteiger charge is 2.51. The molecule has 11 nitrogen and oxygen atoms in total. The van der Waals surface area contributed by atoms with Gasteiger partial charge in [-0.05, 0) is 11.9 Å². The fourth-order valence-electron chi connectivity index (χ4n) is 3.65. The molecule has 3 aliphatic heterocycles. The van der Waals surface area contributed by atoms with Crippen LogP contribution in [0.3, 0.4) is 0 Å². The average molecular weight is 400 g/mol. The van der Waals surface area contributed by atoms with Gasteiger partial charge < -0.3 is 9.64 Å². The van der Waals surface area contributed by atoms with Crippen molar-refractivity contribution in [3.8, 4) is 5.88 Å². The smallest absolute Gasteiger partial charge is 0.333 e. The van der Waals surface area contributed by atoms with Gasteiger partial charge in [0, 0.05) is 39.3 Å². The predicted octanol–water partition coefficient (Wildman–Crippen LogP) is -0.890. The number of hydrogen-bond acceptors (Lipinski definition) is 7. The fourth-order valence-corrected chi connectivity index (χ4v) is 3.65. The van der Waals surface area contributed by atoms with Gasteiger partial charge in [0.25, 0.3) is 30.0 Å². The minimum atomic E-state index is -0.759. The Kier molecular flexibility index (Phi) is 4.73. The number of hydrogen-bond donors (Lipinski definition) is 0. The average Bonchev–Trinajstić information content (AvgIpc) is 3.32. The number of urea groups is 1. The lowest BCUT2D eigenvalue weighted by molar-refractivity contribution is -0.520. The lowest BCUT2D eigenvalue weighted by Gasteiger charge is -2.30. The molecular formula is C18H22N7O4+. The van der Waals surface area contributed by atoms with Crippen molar-refractivity contribution in [2.75, 3.05) is 33.7 Å². The number of imide groups is 1. The van der Waals surface area contributed by atoms with Gasteiger partial charge in [-0.3, -0.25) is 19.4 Å². The van der Waals surface area contributed by atoms with Crippen molar-refractivity contribution in [1.82, 2.24) is 24.7 Å². The van der Waals surface area contributed by atoms with Gasteiger partial charge in [-0.25, -0.2) is 14.4 Å². The Labute approximate surface area is 167 Å². The Morgan fingerprint density at radius 1 is 1.31 bits per heavy atom. The van der Waals surface area contributed by atoms with Crippen LogP contribution in [0, 0.1) is 6.92 Å². The topological polar surface area (TPSA) is 111 Å². The number of amidine groups is 1. The van der Waals surface area contributed by atoms with Crippen molar-refractivity contribution in [3.05, 3.63) is 18.1 Å². The first kappa shape index (κ1) is 19.0. The highest BCUT2D eigenvalue weighted by molar-refractivity contribution is 6.21. The molecule has 2 atom stereocenters. The van der Waals surface area contributed by atoms with E-state index in [1.54, 1.807) is 35.7 Å². The maximum atomic E-state index is 12.8. The summed E-state index contributed by atoms with van der Waals surface area (Å²) in [5.41, 5.74) is 0. The van der Waals surface area contributed by atoms with Gasteiger partial charge in [-0.2, -0.15) is 4.98 Å². The summed E-state index contributed by atoms with van der Waals surface area (Å²) in [6.45, 7) is 2.79. The first-order valence-corrected chi connectivity index (χ1v) is 9.31. The Morgan fingerprint density at radius 2 is 2.10 bits per heavy atom. The molecule has 2 fully saturated rings. The second kappa shape index (κ2) is 7.22. The number of aliphatic imine (C=N–C) groups is 1. The van der Waals surface area contributed by atoms with Crippen LogP contribution in [0.4, 0.5) is 4.79 Å². The molecule has 0 spiro atoms. The van der Waals surface area contributed by atoms with Gasteiger partial charge >= 0.3 is 6.03 Å². The third-order valence-corrected chi connectivity index (χ3v) is 5.25. The summed E-state index contributed by atoms with van der Waals surface area (Å²) in [6.07, 6.45) is 3.64. The number of likely N-dealkylation sites (tertiary alicyclic amines) is 1. The molecular weight excluding hydrogens is 378 g/mol. The number of ether oxygens (including phenoxy) is 1. The molecule has 4 heterocycles. The predicted molar refractivity (Wildman–Crippen MR) is 101 cm³/mol. The summed E-state index contributed by atoms with van der Waals surface area (Å²) in [6, 6.07) is 0.495. The third kappa shape index (κ3) is 3.43. The molecule has 11 heteroatoms. The van der Waals surface area contributed by atoms with Crippen LogP contribution in [-0.4, -0.2) is 105 Å². The molecule has 0 aliphatic carbocycles. The van der Waals surface area contributed by atoms with Crippen LogP contribution >= 0.6 is 0 Å². The first-order chi connectivity index (χ1) is 13.8. The van der Waals surface area contributed by atoms with Gasteiger partial charge in [0.1, 0.15) is 11.9 Å². The molecule has 0 N–H and O–H groups in total. The number of fused-ring (bicyclic) bond motifs is 1. The zero-order chi connectivity index (χ0) is 20.7. The highest BCUT2D eigenvalue weighted by atomic mass is 16.5. The zero-order valence-electron chi connectivity index (χ0n) is 16.5. The molecule has 0 radical (unpaired) electrons. The normalized spacial score (nSPS) is 23.9. The van der Waals surface area contributed by atoms with E-state index in [4.69, 9.17) is 4.74 Å². The zero-order valence-corrected chi connectivity index (χ0v) is 16.5. The maximum Gasteiger partial charge on any atom is 0.333 e. The number of aryl methyl sites for hydroxylation is 1. The highest BCUT2D eigenvalue weighted by Crippen LogP contribution is 2.19.